The van der Waals surface area contributed by atoms with Crippen molar-refractivity contribution in [3.63, 3.8) is 0 Å². The first-order chi connectivity index (χ1) is 12.5. The van der Waals surface area contributed by atoms with Gasteiger partial charge < -0.3 is 10.2 Å². The average molecular weight is 351 g/mol. The Morgan fingerprint density at radius 2 is 1.77 bits per heavy atom. The topological polar surface area (TPSA) is 71.8 Å². The van der Waals surface area contributed by atoms with Crippen molar-refractivity contribution in [1.29, 1.82) is 0 Å². The summed E-state index contributed by atoms with van der Waals surface area (Å²) in [7, 11) is 3.86. The number of nitrogens with one attached hydrogen (secondary N) is 1. The highest BCUT2D eigenvalue weighted by Crippen LogP contribution is 2.24. The maximum absolute atomic E-state index is 4.59. The molecule has 0 radical (unpaired) electrons. The molecule has 1 N–H and O–H groups in total. The molecule has 1 aromatic carbocycles. The third-order valence-electron chi connectivity index (χ3n) is 4.06. The minimum absolute atomic E-state index is 0.00724. The molecule has 0 fully saturated rings. The van der Waals surface area contributed by atoms with Crippen LogP contribution in [-0.4, -0.2) is 38.8 Å². The van der Waals surface area contributed by atoms with Gasteiger partial charge in [-0.2, -0.15) is 20.1 Å². The van der Waals surface area contributed by atoms with Crippen molar-refractivity contribution in [2.75, 3.05) is 24.3 Å². The molecule has 1 unspecified atom stereocenters. The molecule has 3 rings (SSSR count). The summed E-state index contributed by atoms with van der Waals surface area (Å²) in [4.78, 5) is 15.5. The van der Waals surface area contributed by atoms with E-state index in [4.69, 9.17) is 0 Å². The smallest absolute Gasteiger partial charge is 0.229 e. The third kappa shape index (κ3) is 3.82. The van der Waals surface area contributed by atoms with Crippen LogP contribution in [0.25, 0.3) is 5.69 Å². The predicted octanol–water partition coefficient (Wildman–Crippen LogP) is 3.42. The van der Waals surface area contributed by atoms with Gasteiger partial charge in [-0.05, 0) is 24.6 Å². The number of aromatic nitrogens is 5. The van der Waals surface area contributed by atoms with Gasteiger partial charge in [0.25, 0.3) is 0 Å². The normalized spacial score (nSPS) is 12.2. The highest BCUT2D eigenvalue weighted by Gasteiger charge is 2.16. The van der Waals surface area contributed by atoms with Crippen LogP contribution in [0.2, 0.25) is 0 Å². The standard InChI is InChI=1S/C19H25N7/c1-13(2)17-22-18(24-19(23-17)25(4)5)21-14(3)15-9-6-7-10-16(15)26-12-8-11-20-26/h6-14H,1-5H3,(H,21,22,23,24). The molecular formula is C19H25N7. The molecule has 3 aromatic rings. The number of hydrogen-bond donors (Lipinski definition) is 1. The summed E-state index contributed by atoms with van der Waals surface area (Å²) in [6, 6.07) is 10.1. The highest BCUT2D eigenvalue weighted by molar-refractivity contribution is 5.46. The average Bonchev–Trinajstić information content (AvgIpc) is 3.15. The van der Waals surface area contributed by atoms with Gasteiger partial charge in [-0.3, -0.25) is 0 Å². The molecular weight excluding hydrogens is 326 g/mol. The minimum atomic E-state index is 0.00724. The van der Waals surface area contributed by atoms with Crippen LogP contribution in [0.3, 0.4) is 0 Å². The van der Waals surface area contributed by atoms with Gasteiger partial charge in [-0.1, -0.05) is 32.0 Å². The minimum Gasteiger partial charge on any atom is -0.347 e. The number of hydrogen-bond acceptors (Lipinski definition) is 6. The Morgan fingerprint density at radius 1 is 1.00 bits per heavy atom. The first-order valence-corrected chi connectivity index (χ1v) is 8.74. The molecule has 0 spiro atoms. The van der Waals surface area contributed by atoms with E-state index in [2.05, 4.69) is 58.3 Å². The van der Waals surface area contributed by atoms with Crippen LogP contribution in [0.4, 0.5) is 11.9 Å². The third-order valence-corrected chi connectivity index (χ3v) is 4.06. The Hall–Kier alpha value is -2.96. The lowest BCUT2D eigenvalue weighted by Crippen LogP contribution is -2.19. The lowest BCUT2D eigenvalue weighted by atomic mass is 10.1. The molecule has 0 aliphatic heterocycles. The monoisotopic (exact) mass is 351 g/mol. The first kappa shape index (κ1) is 17.8. The highest BCUT2D eigenvalue weighted by atomic mass is 15.3. The van der Waals surface area contributed by atoms with Crippen LogP contribution >= 0.6 is 0 Å². The van der Waals surface area contributed by atoms with Gasteiger partial charge in [0.1, 0.15) is 5.82 Å². The Morgan fingerprint density at radius 3 is 2.42 bits per heavy atom. The summed E-state index contributed by atoms with van der Waals surface area (Å²) in [5, 5.41) is 7.77. The maximum atomic E-state index is 4.59. The molecule has 7 nitrogen and oxygen atoms in total. The van der Waals surface area contributed by atoms with Crippen molar-refractivity contribution in [2.45, 2.75) is 32.7 Å². The Balaban J connectivity index is 1.93. The molecule has 26 heavy (non-hydrogen) atoms. The molecule has 0 aliphatic carbocycles. The second kappa shape index (κ2) is 7.51. The zero-order chi connectivity index (χ0) is 18.7. The second-order valence-electron chi connectivity index (χ2n) is 6.74. The number of anilines is 2. The van der Waals surface area contributed by atoms with Gasteiger partial charge in [-0.15, -0.1) is 0 Å². The van der Waals surface area contributed by atoms with Crippen LogP contribution in [0.5, 0.6) is 0 Å². The summed E-state index contributed by atoms with van der Waals surface area (Å²) in [5.41, 5.74) is 2.15. The van der Waals surface area contributed by atoms with Gasteiger partial charge in [0.15, 0.2) is 0 Å². The van der Waals surface area contributed by atoms with Crippen LogP contribution in [-0.2, 0) is 0 Å². The van der Waals surface area contributed by atoms with Crippen LogP contribution in [0.1, 0.15) is 44.1 Å². The molecule has 0 saturated heterocycles. The maximum Gasteiger partial charge on any atom is 0.229 e. The van der Waals surface area contributed by atoms with Gasteiger partial charge in [0.05, 0.1) is 11.7 Å². The van der Waals surface area contributed by atoms with Gasteiger partial charge >= 0.3 is 0 Å². The van der Waals surface area contributed by atoms with E-state index in [1.54, 1.807) is 6.20 Å². The summed E-state index contributed by atoms with van der Waals surface area (Å²) < 4.78 is 1.87. The SMILES string of the molecule is CC(C)c1nc(NC(C)c2ccccc2-n2cccn2)nc(N(C)C)n1. The van der Waals surface area contributed by atoms with Crippen molar-refractivity contribution >= 4 is 11.9 Å². The number of rotatable bonds is 6. The molecule has 0 bridgehead atoms. The fraction of sp³-hybridized carbons (Fsp3) is 0.368. The van der Waals surface area contributed by atoms with Crippen molar-refractivity contribution in [2.24, 2.45) is 0 Å². The zero-order valence-corrected chi connectivity index (χ0v) is 15.9. The lowest BCUT2D eigenvalue weighted by molar-refractivity contribution is 0.743. The Labute approximate surface area is 154 Å². The van der Waals surface area contributed by atoms with Crippen LogP contribution < -0.4 is 10.2 Å². The predicted molar refractivity (Wildman–Crippen MR) is 104 cm³/mol. The van der Waals surface area contributed by atoms with Crippen LogP contribution in [0.15, 0.2) is 42.7 Å². The molecule has 0 amide bonds. The summed E-state index contributed by atoms with van der Waals surface area (Å²) in [5.74, 6) is 2.23. The van der Waals surface area contributed by atoms with Crippen molar-refractivity contribution in [1.82, 2.24) is 24.7 Å². The van der Waals surface area contributed by atoms with E-state index in [0.717, 1.165) is 17.1 Å². The molecule has 0 aliphatic rings. The molecule has 2 aromatic heterocycles. The van der Waals surface area contributed by atoms with Gasteiger partial charge in [-0.25, -0.2) is 4.68 Å². The molecule has 7 heteroatoms. The number of para-hydroxylation sites is 1. The van der Waals surface area contributed by atoms with Crippen molar-refractivity contribution in [3.8, 4) is 5.69 Å². The lowest BCUT2D eigenvalue weighted by Gasteiger charge is -2.20. The van der Waals surface area contributed by atoms with E-state index in [1.165, 1.54) is 0 Å². The van der Waals surface area contributed by atoms with E-state index in [0.29, 0.717) is 11.9 Å². The molecule has 0 saturated carbocycles. The molecule has 2 heterocycles. The first-order valence-electron chi connectivity index (χ1n) is 8.74. The van der Waals surface area contributed by atoms with E-state index in [1.807, 2.05) is 48.1 Å². The van der Waals surface area contributed by atoms with Crippen LogP contribution in [0, 0.1) is 0 Å². The van der Waals surface area contributed by atoms with Crippen molar-refractivity contribution in [3.05, 3.63) is 54.1 Å². The number of benzene rings is 1. The Bertz CT molecular complexity index is 830. The Kier molecular flexibility index (Phi) is 5.16. The van der Waals surface area contributed by atoms with Gasteiger partial charge in [0, 0.05) is 32.4 Å². The fourth-order valence-corrected chi connectivity index (χ4v) is 2.65. The molecule has 1 atom stereocenters. The summed E-state index contributed by atoms with van der Waals surface area (Å²) >= 11 is 0. The van der Waals surface area contributed by atoms with E-state index < -0.39 is 0 Å². The van der Waals surface area contributed by atoms with E-state index >= 15 is 0 Å². The summed E-state index contributed by atoms with van der Waals surface area (Å²) in [6.07, 6.45) is 3.72. The quantitative estimate of drug-likeness (QED) is 0.734. The van der Waals surface area contributed by atoms with E-state index in [-0.39, 0.29) is 12.0 Å². The molecule has 136 valence electrons. The van der Waals surface area contributed by atoms with Gasteiger partial charge in [0.2, 0.25) is 11.9 Å². The van der Waals surface area contributed by atoms with Crippen molar-refractivity contribution < 1.29 is 0 Å². The largest absolute Gasteiger partial charge is 0.347 e. The number of nitrogens with zero attached hydrogens (tertiary/aromatic N) is 6. The second-order valence-corrected chi connectivity index (χ2v) is 6.74. The zero-order valence-electron chi connectivity index (χ0n) is 15.9. The fourth-order valence-electron chi connectivity index (χ4n) is 2.65. The summed E-state index contributed by atoms with van der Waals surface area (Å²) in [6.45, 7) is 6.25. The van der Waals surface area contributed by atoms with E-state index in [9.17, 15) is 0 Å².